The Labute approximate surface area is 104 Å². The average Bonchev–Trinajstić information content (AvgIpc) is 2.33. The highest BCUT2D eigenvalue weighted by molar-refractivity contribution is 6.31. The van der Waals surface area contributed by atoms with Gasteiger partial charge in [0.05, 0.1) is 5.02 Å². The standard InChI is InChI=1S/C12H14ClFN2O/c13-10-7-9(1-2-11(10)14)16-5-3-8(4-6-16)12(15)17/h1-2,7-8H,3-6H2,(H2,15,17). The molecule has 1 aliphatic rings. The first kappa shape index (κ1) is 12.2. The second-order valence-corrected chi connectivity index (χ2v) is 4.67. The normalized spacial score (nSPS) is 17.2. The number of piperidine rings is 1. The van der Waals surface area contributed by atoms with Crippen molar-refractivity contribution in [2.24, 2.45) is 11.7 Å². The van der Waals surface area contributed by atoms with Crippen LogP contribution in [-0.4, -0.2) is 19.0 Å². The minimum Gasteiger partial charge on any atom is -0.371 e. The highest BCUT2D eigenvalue weighted by Gasteiger charge is 2.23. The first-order valence-corrected chi connectivity index (χ1v) is 5.95. The summed E-state index contributed by atoms with van der Waals surface area (Å²) in [7, 11) is 0. The molecule has 2 N–H and O–H groups in total. The molecule has 1 amide bonds. The minimum atomic E-state index is -0.414. The summed E-state index contributed by atoms with van der Waals surface area (Å²) in [5.74, 6) is -0.689. The number of primary amides is 1. The van der Waals surface area contributed by atoms with E-state index in [1.807, 2.05) is 0 Å². The number of hydrogen-bond acceptors (Lipinski definition) is 2. The Hall–Kier alpha value is -1.29. The predicted octanol–water partition coefficient (Wildman–Crippen LogP) is 2.18. The van der Waals surface area contributed by atoms with Gasteiger partial charge in [0, 0.05) is 24.7 Å². The zero-order valence-electron chi connectivity index (χ0n) is 9.33. The van der Waals surface area contributed by atoms with Crippen LogP contribution in [0.2, 0.25) is 5.02 Å². The van der Waals surface area contributed by atoms with Gasteiger partial charge in [0.2, 0.25) is 5.91 Å². The van der Waals surface area contributed by atoms with Crippen LogP contribution >= 0.6 is 11.6 Å². The number of hydrogen-bond donors (Lipinski definition) is 1. The first-order valence-electron chi connectivity index (χ1n) is 5.57. The third-order valence-corrected chi connectivity index (χ3v) is 3.46. The molecule has 0 bridgehead atoms. The fourth-order valence-corrected chi connectivity index (χ4v) is 2.28. The Bertz CT molecular complexity index is 431. The molecule has 0 saturated carbocycles. The third-order valence-electron chi connectivity index (χ3n) is 3.17. The van der Waals surface area contributed by atoms with E-state index >= 15 is 0 Å². The fourth-order valence-electron chi connectivity index (χ4n) is 2.10. The highest BCUT2D eigenvalue weighted by atomic mass is 35.5. The highest BCUT2D eigenvalue weighted by Crippen LogP contribution is 2.26. The number of nitrogens with zero attached hydrogens (tertiary/aromatic N) is 1. The summed E-state index contributed by atoms with van der Waals surface area (Å²) in [5.41, 5.74) is 6.16. The van der Waals surface area contributed by atoms with Gasteiger partial charge < -0.3 is 10.6 Å². The number of carbonyl (C=O) groups excluding carboxylic acids is 1. The van der Waals surface area contributed by atoms with Crippen LogP contribution in [0.5, 0.6) is 0 Å². The minimum absolute atomic E-state index is 0.0397. The quantitative estimate of drug-likeness (QED) is 0.882. The van der Waals surface area contributed by atoms with Crippen molar-refractivity contribution in [1.29, 1.82) is 0 Å². The molecule has 1 aliphatic heterocycles. The summed E-state index contributed by atoms with van der Waals surface area (Å²) in [6, 6.07) is 4.67. The van der Waals surface area contributed by atoms with Crippen molar-refractivity contribution in [2.75, 3.05) is 18.0 Å². The van der Waals surface area contributed by atoms with Crippen LogP contribution in [0.3, 0.4) is 0 Å². The Morgan fingerprint density at radius 3 is 2.59 bits per heavy atom. The zero-order valence-corrected chi connectivity index (χ0v) is 10.1. The van der Waals surface area contributed by atoms with Crippen molar-refractivity contribution in [2.45, 2.75) is 12.8 Å². The lowest BCUT2D eigenvalue weighted by Gasteiger charge is -2.32. The fraction of sp³-hybridized carbons (Fsp3) is 0.417. The van der Waals surface area contributed by atoms with Gasteiger partial charge in [0.25, 0.3) is 0 Å². The maximum absolute atomic E-state index is 13.0. The van der Waals surface area contributed by atoms with Gasteiger partial charge in [0.15, 0.2) is 0 Å². The largest absolute Gasteiger partial charge is 0.371 e. The molecule has 0 unspecified atom stereocenters. The predicted molar refractivity (Wildman–Crippen MR) is 65.5 cm³/mol. The van der Waals surface area contributed by atoms with E-state index in [4.69, 9.17) is 17.3 Å². The van der Waals surface area contributed by atoms with Crippen LogP contribution in [0.1, 0.15) is 12.8 Å². The molecular formula is C12H14ClFN2O. The first-order chi connectivity index (χ1) is 8.08. The molecular weight excluding hydrogens is 243 g/mol. The van der Waals surface area contributed by atoms with Crippen LogP contribution in [-0.2, 0) is 4.79 Å². The van der Waals surface area contributed by atoms with E-state index in [0.29, 0.717) is 0 Å². The van der Waals surface area contributed by atoms with Crippen molar-refractivity contribution in [1.82, 2.24) is 0 Å². The lowest BCUT2D eigenvalue weighted by Crippen LogP contribution is -2.38. The molecule has 2 rings (SSSR count). The SMILES string of the molecule is NC(=O)C1CCN(c2ccc(F)c(Cl)c2)CC1. The molecule has 0 spiro atoms. The van der Waals surface area contributed by atoms with E-state index in [2.05, 4.69) is 4.90 Å². The lowest BCUT2D eigenvalue weighted by molar-refractivity contribution is -0.122. The summed E-state index contributed by atoms with van der Waals surface area (Å²) in [4.78, 5) is 13.1. The topological polar surface area (TPSA) is 46.3 Å². The van der Waals surface area contributed by atoms with E-state index in [-0.39, 0.29) is 16.8 Å². The van der Waals surface area contributed by atoms with Gasteiger partial charge in [-0.05, 0) is 31.0 Å². The molecule has 1 fully saturated rings. The zero-order chi connectivity index (χ0) is 12.4. The Kier molecular flexibility index (Phi) is 3.52. The van der Waals surface area contributed by atoms with Crippen LogP contribution in [0.15, 0.2) is 18.2 Å². The van der Waals surface area contributed by atoms with E-state index < -0.39 is 5.82 Å². The Morgan fingerprint density at radius 2 is 2.06 bits per heavy atom. The van der Waals surface area contributed by atoms with Crippen LogP contribution in [0, 0.1) is 11.7 Å². The average molecular weight is 257 g/mol. The number of amides is 1. The molecule has 92 valence electrons. The number of halogens is 2. The van der Waals surface area contributed by atoms with Crippen LogP contribution in [0.4, 0.5) is 10.1 Å². The second-order valence-electron chi connectivity index (χ2n) is 4.26. The molecule has 0 aromatic heterocycles. The maximum Gasteiger partial charge on any atom is 0.220 e. The number of nitrogens with two attached hydrogens (primary N) is 1. The number of rotatable bonds is 2. The summed E-state index contributed by atoms with van der Waals surface area (Å²) in [6.07, 6.45) is 1.48. The maximum atomic E-state index is 13.0. The van der Waals surface area contributed by atoms with E-state index in [9.17, 15) is 9.18 Å². The molecule has 0 aliphatic carbocycles. The van der Waals surface area contributed by atoms with Crippen LogP contribution in [0.25, 0.3) is 0 Å². The Morgan fingerprint density at radius 1 is 1.41 bits per heavy atom. The van der Waals surface area contributed by atoms with Gasteiger partial charge in [-0.15, -0.1) is 0 Å². The Balaban J connectivity index is 2.05. The summed E-state index contributed by atoms with van der Waals surface area (Å²) >= 11 is 5.74. The second kappa shape index (κ2) is 4.92. The molecule has 3 nitrogen and oxygen atoms in total. The van der Waals surface area contributed by atoms with Gasteiger partial charge in [-0.25, -0.2) is 4.39 Å². The molecule has 1 aromatic rings. The smallest absolute Gasteiger partial charge is 0.220 e. The molecule has 17 heavy (non-hydrogen) atoms. The van der Waals surface area contributed by atoms with Gasteiger partial charge in [0.1, 0.15) is 5.82 Å². The summed E-state index contributed by atoms with van der Waals surface area (Å²) < 4.78 is 13.0. The number of carbonyl (C=O) groups is 1. The van der Waals surface area contributed by atoms with Crippen LogP contribution < -0.4 is 10.6 Å². The van der Waals surface area contributed by atoms with Gasteiger partial charge >= 0.3 is 0 Å². The van der Waals surface area contributed by atoms with E-state index in [0.717, 1.165) is 31.6 Å². The molecule has 0 radical (unpaired) electrons. The third kappa shape index (κ3) is 2.69. The summed E-state index contributed by atoms with van der Waals surface area (Å²) in [6.45, 7) is 1.49. The molecule has 5 heteroatoms. The van der Waals surface area contributed by atoms with E-state index in [1.54, 1.807) is 12.1 Å². The molecule has 1 aromatic carbocycles. The molecule has 0 atom stereocenters. The van der Waals surface area contributed by atoms with Crippen molar-refractivity contribution in [3.05, 3.63) is 29.0 Å². The van der Waals surface area contributed by atoms with Gasteiger partial charge in [-0.3, -0.25) is 4.79 Å². The van der Waals surface area contributed by atoms with Gasteiger partial charge in [-0.2, -0.15) is 0 Å². The lowest BCUT2D eigenvalue weighted by atomic mass is 9.96. The number of anilines is 1. The molecule has 1 saturated heterocycles. The van der Waals surface area contributed by atoms with Gasteiger partial charge in [-0.1, -0.05) is 11.6 Å². The van der Waals surface area contributed by atoms with E-state index in [1.165, 1.54) is 6.07 Å². The number of benzene rings is 1. The summed E-state index contributed by atoms with van der Waals surface area (Å²) in [5, 5.41) is 0.125. The monoisotopic (exact) mass is 256 g/mol. The molecule has 1 heterocycles. The van der Waals surface area contributed by atoms with Crippen molar-refractivity contribution < 1.29 is 9.18 Å². The van der Waals surface area contributed by atoms with Crippen molar-refractivity contribution in [3.8, 4) is 0 Å². The van der Waals surface area contributed by atoms with Crippen molar-refractivity contribution >= 4 is 23.2 Å². The van der Waals surface area contributed by atoms with Crippen molar-refractivity contribution in [3.63, 3.8) is 0 Å².